The molecule has 15 heavy (non-hydrogen) atoms. The topological polar surface area (TPSA) is 59.1 Å². The highest BCUT2D eigenvalue weighted by molar-refractivity contribution is 7.90. The first-order valence-corrected chi connectivity index (χ1v) is 7.72. The molecule has 0 radical (unpaired) electrons. The normalized spacial score (nSPS) is 23.5. The van der Waals surface area contributed by atoms with E-state index in [2.05, 4.69) is 10.3 Å². The largest absolute Gasteiger partial charge is 0.359 e. The van der Waals surface area contributed by atoms with Crippen LogP contribution >= 0.6 is 11.3 Å². The molecule has 1 fully saturated rings. The zero-order chi connectivity index (χ0) is 10.5. The van der Waals surface area contributed by atoms with E-state index >= 15 is 0 Å². The van der Waals surface area contributed by atoms with E-state index in [9.17, 15) is 8.42 Å². The third-order valence-electron chi connectivity index (χ3n) is 2.68. The van der Waals surface area contributed by atoms with E-state index in [1.807, 2.05) is 0 Å². The summed E-state index contributed by atoms with van der Waals surface area (Å²) in [6.07, 6.45) is 3.01. The maximum absolute atomic E-state index is 11.4. The molecular formula is C9H12N2O2S2. The Morgan fingerprint density at radius 3 is 2.93 bits per heavy atom. The molecule has 0 spiro atoms. The van der Waals surface area contributed by atoms with E-state index in [4.69, 9.17) is 0 Å². The lowest BCUT2D eigenvalue weighted by atomic mass is 10.3. The Balaban J connectivity index is 1.87. The number of hydrogen-bond donors (Lipinski definition) is 1. The fourth-order valence-corrected chi connectivity index (χ4v) is 4.55. The standard InChI is InChI=1S/C9H12N2O2S2/c12-15(13)4-3-7-8(5-15)14-9(11-7)10-6-1-2-6/h6H,1-5H2,(H,10,11). The van der Waals surface area contributed by atoms with Crippen LogP contribution in [0.15, 0.2) is 0 Å². The number of nitrogens with zero attached hydrogens (tertiary/aromatic N) is 1. The van der Waals surface area contributed by atoms with Gasteiger partial charge in [-0.15, -0.1) is 11.3 Å². The second kappa shape index (κ2) is 3.18. The number of rotatable bonds is 2. The molecule has 0 atom stereocenters. The molecule has 2 heterocycles. The van der Waals surface area contributed by atoms with Crippen LogP contribution in [0.5, 0.6) is 0 Å². The molecule has 1 aromatic rings. The molecule has 82 valence electrons. The molecule has 1 aliphatic carbocycles. The molecule has 0 saturated heterocycles. The van der Waals surface area contributed by atoms with Crippen molar-refractivity contribution in [2.24, 2.45) is 0 Å². The van der Waals surface area contributed by atoms with E-state index in [0.717, 1.165) is 15.7 Å². The third-order valence-corrected chi connectivity index (χ3v) is 5.45. The Kier molecular flexibility index (Phi) is 2.04. The van der Waals surface area contributed by atoms with E-state index < -0.39 is 9.84 Å². The van der Waals surface area contributed by atoms with Crippen molar-refractivity contribution in [1.29, 1.82) is 0 Å². The first-order chi connectivity index (χ1) is 7.12. The third kappa shape index (κ3) is 2.01. The van der Waals surface area contributed by atoms with E-state index in [1.54, 1.807) is 0 Å². The molecule has 1 N–H and O–H groups in total. The Morgan fingerprint density at radius 1 is 1.40 bits per heavy atom. The SMILES string of the molecule is O=S1(=O)CCc2nc(NC3CC3)sc2C1. The number of thiazole rings is 1. The first kappa shape index (κ1) is 9.59. The molecule has 4 nitrogen and oxygen atoms in total. The summed E-state index contributed by atoms with van der Waals surface area (Å²) in [4.78, 5) is 5.37. The molecular weight excluding hydrogens is 232 g/mol. The maximum atomic E-state index is 11.4. The van der Waals surface area contributed by atoms with Crippen LogP contribution in [0.25, 0.3) is 0 Å². The minimum Gasteiger partial charge on any atom is -0.359 e. The van der Waals surface area contributed by atoms with Gasteiger partial charge in [-0.1, -0.05) is 0 Å². The number of hydrogen-bond acceptors (Lipinski definition) is 5. The van der Waals surface area contributed by atoms with Crippen LogP contribution < -0.4 is 5.32 Å². The van der Waals surface area contributed by atoms with E-state index in [0.29, 0.717) is 12.5 Å². The van der Waals surface area contributed by atoms with Gasteiger partial charge in [-0.25, -0.2) is 13.4 Å². The minimum atomic E-state index is -2.85. The number of nitrogens with one attached hydrogen (secondary N) is 1. The second-order valence-corrected chi connectivity index (χ2v) is 7.42. The van der Waals surface area contributed by atoms with Crippen LogP contribution in [-0.2, 0) is 22.0 Å². The number of aryl methyl sites for hydroxylation is 1. The van der Waals surface area contributed by atoms with Gasteiger partial charge in [-0.2, -0.15) is 0 Å². The van der Waals surface area contributed by atoms with Gasteiger partial charge in [-0.05, 0) is 12.8 Å². The van der Waals surface area contributed by atoms with Gasteiger partial charge in [0.25, 0.3) is 0 Å². The van der Waals surface area contributed by atoms with E-state index in [1.165, 1.54) is 24.2 Å². The average molecular weight is 244 g/mol. The number of fused-ring (bicyclic) bond motifs is 1. The van der Waals surface area contributed by atoms with Gasteiger partial charge in [0.2, 0.25) is 0 Å². The lowest BCUT2D eigenvalue weighted by Crippen LogP contribution is -2.17. The van der Waals surface area contributed by atoms with Crippen LogP contribution in [0.2, 0.25) is 0 Å². The number of sulfone groups is 1. The summed E-state index contributed by atoms with van der Waals surface area (Å²) in [6, 6.07) is 0.578. The van der Waals surface area contributed by atoms with Crippen molar-refractivity contribution in [3.63, 3.8) is 0 Å². The fourth-order valence-electron chi connectivity index (χ4n) is 1.68. The molecule has 1 saturated carbocycles. The zero-order valence-corrected chi connectivity index (χ0v) is 9.83. The Morgan fingerprint density at radius 2 is 2.20 bits per heavy atom. The van der Waals surface area contributed by atoms with Gasteiger partial charge in [0, 0.05) is 17.3 Å². The zero-order valence-electron chi connectivity index (χ0n) is 8.19. The summed E-state index contributed by atoms with van der Waals surface area (Å²) in [5, 5.41) is 4.22. The smallest absolute Gasteiger partial charge is 0.183 e. The monoisotopic (exact) mass is 244 g/mol. The molecule has 3 rings (SSSR count). The molecule has 0 amide bonds. The highest BCUT2D eigenvalue weighted by Crippen LogP contribution is 2.32. The van der Waals surface area contributed by atoms with Crippen molar-refractivity contribution in [3.8, 4) is 0 Å². The van der Waals surface area contributed by atoms with Gasteiger partial charge >= 0.3 is 0 Å². The lowest BCUT2D eigenvalue weighted by Gasteiger charge is -2.08. The van der Waals surface area contributed by atoms with Crippen molar-refractivity contribution >= 4 is 26.3 Å². The average Bonchev–Trinajstić information content (AvgIpc) is 2.84. The van der Waals surface area contributed by atoms with Crippen LogP contribution in [0.1, 0.15) is 23.4 Å². The maximum Gasteiger partial charge on any atom is 0.183 e. The number of aromatic nitrogens is 1. The predicted octanol–water partition coefficient (Wildman–Crippen LogP) is 1.19. The summed E-state index contributed by atoms with van der Waals surface area (Å²) in [6.45, 7) is 0. The van der Waals surface area contributed by atoms with Crippen molar-refractivity contribution < 1.29 is 8.42 Å². The quantitative estimate of drug-likeness (QED) is 0.849. The fraction of sp³-hybridized carbons (Fsp3) is 0.667. The first-order valence-electron chi connectivity index (χ1n) is 5.08. The van der Waals surface area contributed by atoms with Crippen molar-refractivity contribution in [2.75, 3.05) is 11.1 Å². The van der Waals surface area contributed by atoms with E-state index in [-0.39, 0.29) is 11.5 Å². The Labute approximate surface area is 92.6 Å². The Bertz CT molecular complexity index is 488. The van der Waals surface area contributed by atoms with Crippen LogP contribution in [0, 0.1) is 0 Å². The second-order valence-electron chi connectivity index (χ2n) is 4.15. The molecule has 0 bridgehead atoms. The lowest BCUT2D eigenvalue weighted by molar-refractivity contribution is 0.591. The summed E-state index contributed by atoms with van der Waals surface area (Å²) in [5.74, 6) is 0.443. The van der Waals surface area contributed by atoms with Crippen LogP contribution in [-0.4, -0.2) is 25.2 Å². The summed E-state index contributed by atoms with van der Waals surface area (Å²) < 4.78 is 22.8. The van der Waals surface area contributed by atoms with Gasteiger partial charge in [0.1, 0.15) is 0 Å². The minimum absolute atomic E-state index is 0.187. The van der Waals surface area contributed by atoms with Crippen molar-refractivity contribution in [2.45, 2.75) is 31.1 Å². The number of anilines is 1. The molecule has 0 aromatic carbocycles. The summed E-state index contributed by atoms with van der Waals surface area (Å²) >= 11 is 1.50. The molecule has 0 unspecified atom stereocenters. The predicted molar refractivity (Wildman–Crippen MR) is 60.0 cm³/mol. The van der Waals surface area contributed by atoms with Crippen LogP contribution in [0.4, 0.5) is 5.13 Å². The van der Waals surface area contributed by atoms with Gasteiger partial charge in [0.05, 0.1) is 17.2 Å². The summed E-state index contributed by atoms with van der Waals surface area (Å²) in [7, 11) is -2.85. The highest BCUT2D eigenvalue weighted by atomic mass is 32.2. The Hall–Kier alpha value is -0.620. The molecule has 1 aliphatic heterocycles. The van der Waals surface area contributed by atoms with Gasteiger partial charge in [0.15, 0.2) is 15.0 Å². The van der Waals surface area contributed by atoms with Crippen molar-refractivity contribution in [1.82, 2.24) is 4.98 Å². The van der Waals surface area contributed by atoms with Crippen LogP contribution in [0.3, 0.4) is 0 Å². The van der Waals surface area contributed by atoms with Gasteiger partial charge in [-0.3, -0.25) is 0 Å². The van der Waals surface area contributed by atoms with Crippen molar-refractivity contribution in [3.05, 3.63) is 10.6 Å². The van der Waals surface area contributed by atoms with Gasteiger partial charge < -0.3 is 5.32 Å². The molecule has 1 aromatic heterocycles. The summed E-state index contributed by atoms with van der Waals surface area (Å²) in [5.41, 5.74) is 0.984. The highest BCUT2D eigenvalue weighted by Gasteiger charge is 2.27. The molecule has 2 aliphatic rings. The molecule has 6 heteroatoms.